The Morgan fingerprint density at radius 3 is 2.42 bits per heavy atom. The van der Waals surface area contributed by atoms with Crippen LogP contribution in [0.1, 0.15) is 50.5 Å². The highest BCUT2D eigenvalue weighted by molar-refractivity contribution is 5.30. The Kier molecular flexibility index (Phi) is 3.53. The molecule has 2 aliphatic rings. The summed E-state index contributed by atoms with van der Waals surface area (Å²) in [5.74, 6) is 1.71. The molecule has 2 saturated carbocycles. The number of hydrogen-bond acceptors (Lipinski definition) is 2. The van der Waals surface area contributed by atoms with Crippen LogP contribution in [0, 0.1) is 5.41 Å². The van der Waals surface area contributed by atoms with Crippen molar-refractivity contribution in [3.63, 3.8) is 0 Å². The van der Waals surface area contributed by atoms with E-state index in [4.69, 9.17) is 4.74 Å². The SMILES string of the molecule is CCC1(CNC2CC(c3ccc(OC)cc3)C2)CC1. The maximum absolute atomic E-state index is 5.20. The van der Waals surface area contributed by atoms with Gasteiger partial charge in [-0.25, -0.2) is 0 Å². The lowest BCUT2D eigenvalue weighted by molar-refractivity contribution is 0.268. The molecule has 0 spiro atoms. The predicted molar refractivity (Wildman–Crippen MR) is 78.7 cm³/mol. The Hall–Kier alpha value is -1.02. The molecule has 2 aliphatic carbocycles. The smallest absolute Gasteiger partial charge is 0.118 e. The minimum atomic E-state index is 0.672. The molecule has 19 heavy (non-hydrogen) atoms. The van der Waals surface area contributed by atoms with Gasteiger partial charge in [0.15, 0.2) is 0 Å². The van der Waals surface area contributed by atoms with E-state index < -0.39 is 0 Å². The Morgan fingerprint density at radius 2 is 1.89 bits per heavy atom. The number of rotatable bonds is 6. The van der Waals surface area contributed by atoms with Gasteiger partial charge in [0.25, 0.3) is 0 Å². The van der Waals surface area contributed by atoms with Crippen LogP contribution in [0.5, 0.6) is 5.75 Å². The van der Waals surface area contributed by atoms with Crippen LogP contribution in [0.25, 0.3) is 0 Å². The maximum Gasteiger partial charge on any atom is 0.118 e. The average molecular weight is 259 g/mol. The highest BCUT2D eigenvalue weighted by Gasteiger charge is 2.41. The van der Waals surface area contributed by atoms with E-state index in [1.165, 1.54) is 44.2 Å². The van der Waals surface area contributed by atoms with Gasteiger partial charge >= 0.3 is 0 Å². The van der Waals surface area contributed by atoms with Crippen LogP contribution < -0.4 is 10.1 Å². The first-order chi connectivity index (χ1) is 9.24. The van der Waals surface area contributed by atoms with Crippen molar-refractivity contribution in [2.24, 2.45) is 5.41 Å². The van der Waals surface area contributed by atoms with Crippen molar-refractivity contribution in [2.75, 3.05) is 13.7 Å². The summed E-state index contributed by atoms with van der Waals surface area (Å²) < 4.78 is 5.20. The third-order valence-corrected chi connectivity index (χ3v) is 5.20. The molecule has 0 amide bonds. The quantitative estimate of drug-likeness (QED) is 0.840. The van der Waals surface area contributed by atoms with Crippen molar-refractivity contribution in [3.8, 4) is 5.75 Å². The van der Waals surface area contributed by atoms with E-state index in [2.05, 4.69) is 36.5 Å². The Labute approximate surface area is 116 Å². The molecule has 0 unspecified atom stereocenters. The van der Waals surface area contributed by atoms with Crippen LogP contribution in [0.15, 0.2) is 24.3 Å². The van der Waals surface area contributed by atoms with Gasteiger partial charge in [-0.2, -0.15) is 0 Å². The van der Waals surface area contributed by atoms with E-state index in [0.717, 1.165) is 17.7 Å². The first-order valence-corrected chi connectivity index (χ1v) is 7.62. The number of methoxy groups -OCH3 is 1. The molecule has 0 heterocycles. The van der Waals surface area contributed by atoms with Gasteiger partial charge < -0.3 is 10.1 Å². The van der Waals surface area contributed by atoms with E-state index in [9.17, 15) is 0 Å². The summed E-state index contributed by atoms with van der Waals surface area (Å²) in [6.07, 6.45) is 6.81. The largest absolute Gasteiger partial charge is 0.497 e. The first-order valence-electron chi connectivity index (χ1n) is 7.62. The Balaban J connectivity index is 1.44. The maximum atomic E-state index is 5.20. The van der Waals surface area contributed by atoms with Crippen LogP contribution in [-0.2, 0) is 0 Å². The summed E-state index contributed by atoms with van der Waals surface area (Å²) in [5.41, 5.74) is 2.14. The number of benzene rings is 1. The molecule has 0 bridgehead atoms. The normalized spacial score (nSPS) is 27.7. The molecule has 0 radical (unpaired) electrons. The van der Waals surface area contributed by atoms with Gasteiger partial charge in [-0.3, -0.25) is 0 Å². The monoisotopic (exact) mass is 259 g/mol. The van der Waals surface area contributed by atoms with Crippen LogP contribution in [0.3, 0.4) is 0 Å². The van der Waals surface area contributed by atoms with Crippen molar-refractivity contribution in [1.29, 1.82) is 0 Å². The summed E-state index contributed by atoms with van der Waals surface area (Å²) in [5, 5.41) is 3.77. The molecule has 0 aromatic heterocycles. The second-order valence-corrected chi connectivity index (χ2v) is 6.37. The van der Waals surface area contributed by atoms with Gasteiger partial charge in [-0.05, 0) is 61.1 Å². The van der Waals surface area contributed by atoms with E-state index in [1.54, 1.807) is 7.11 Å². The first kappa shape index (κ1) is 13.0. The zero-order valence-electron chi connectivity index (χ0n) is 12.1. The second kappa shape index (κ2) is 5.16. The molecule has 2 fully saturated rings. The topological polar surface area (TPSA) is 21.3 Å². The van der Waals surface area contributed by atoms with Gasteiger partial charge in [0.1, 0.15) is 5.75 Å². The molecular weight excluding hydrogens is 234 g/mol. The van der Waals surface area contributed by atoms with Gasteiger partial charge in [-0.15, -0.1) is 0 Å². The summed E-state index contributed by atoms with van der Waals surface area (Å²) >= 11 is 0. The molecule has 1 aromatic carbocycles. The second-order valence-electron chi connectivity index (χ2n) is 6.37. The molecule has 1 aromatic rings. The van der Waals surface area contributed by atoms with Gasteiger partial charge in [0.2, 0.25) is 0 Å². The van der Waals surface area contributed by atoms with Crippen LogP contribution in [0.4, 0.5) is 0 Å². The van der Waals surface area contributed by atoms with Crippen molar-refractivity contribution in [1.82, 2.24) is 5.32 Å². The zero-order chi connectivity index (χ0) is 13.3. The van der Waals surface area contributed by atoms with Crippen LogP contribution >= 0.6 is 0 Å². The highest BCUT2D eigenvalue weighted by atomic mass is 16.5. The average Bonchev–Trinajstić information content (AvgIpc) is 3.18. The Morgan fingerprint density at radius 1 is 1.21 bits per heavy atom. The summed E-state index contributed by atoms with van der Waals surface area (Å²) in [7, 11) is 1.72. The number of hydrogen-bond donors (Lipinski definition) is 1. The summed E-state index contributed by atoms with van der Waals surface area (Å²) in [6.45, 7) is 3.57. The fourth-order valence-corrected chi connectivity index (χ4v) is 3.13. The van der Waals surface area contributed by atoms with Crippen molar-refractivity contribution in [2.45, 2.75) is 51.0 Å². The van der Waals surface area contributed by atoms with Crippen molar-refractivity contribution >= 4 is 0 Å². The van der Waals surface area contributed by atoms with Gasteiger partial charge in [-0.1, -0.05) is 19.1 Å². The third-order valence-electron chi connectivity index (χ3n) is 5.20. The lowest BCUT2D eigenvalue weighted by Gasteiger charge is -2.37. The highest BCUT2D eigenvalue weighted by Crippen LogP contribution is 2.48. The predicted octanol–water partition coefficient (Wildman–Crippen LogP) is 3.72. The van der Waals surface area contributed by atoms with Gasteiger partial charge in [0, 0.05) is 12.6 Å². The molecular formula is C17H25NO. The minimum Gasteiger partial charge on any atom is -0.497 e. The number of ether oxygens (including phenoxy) is 1. The van der Waals surface area contributed by atoms with Crippen molar-refractivity contribution < 1.29 is 4.74 Å². The molecule has 2 heteroatoms. The standard InChI is InChI=1S/C17H25NO/c1-3-17(8-9-17)12-18-15-10-14(11-15)13-4-6-16(19-2)7-5-13/h4-7,14-15,18H,3,8-12H2,1-2H3. The molecule has 3 rings (SSSR count). The van der Waals surface area contributed by atoms with E-state index in [0.29, 0.717) is 5.41 Å². The van der Waals surface area contributed by atoms with E-state index >= 15 is 0 Å². The minimum absolute atomic E-state index is 0.672. The van der Waals surface area contributed by atoms with Crippen molar-refractivity contribution in [3.05, 3.63) is 29.8 Å². The van der Waals surface area contributed by atoms with E-state index in [1.807, 2.05) is 0 Å². The molecule has 0 saturated heterocycles. The fraction of sp³-hybridized carbons (Fsp3) is 0.647. The zero-order valence-corrected chi connectivity index (χ0v) is 12.1. The van der Waals surface area contributed by atoms with Crippen LogP contribution in [-0.4, -0.2) is 19.7 Å². The fourth-order valence-electron chi connectivity index (χ4n) is 3.13. The van der Waals surface area contributed by atoms with Gasteiger partial charge in [0.05, 0.1) is 7.11 Å². The molecule has 0 atom stereocenters. The van der Waals surface area contributed by atoms with E-state index in [-0.39, 0.29) is 0 Å². The van der Waals surface area contributed by atoms with Crippen LogP contribution in [0.2, 0.25) is 0 Å². The Bertz CT molecular complexity index is 415. The molecule has 0 aliphatic heterocycles. The number of nitrogens with one attached hydrogen (secondary N) is 1. The molecule has 104 valence electrons. The lowest BCUT2D eigenvalue weighted by atomic mass is 9.75. The molecule has 2 nitrogen and oxygen atoms in total. The third kappa shape index (κ3) is 2.79. The summed E-state index contributed by atoms with van der Waals surface area (Å²) in [6, 6.07) is 9.33. The lowest BCUT2D eigenvalue weighted by Crippen LogP contribution is -2.42. The summed E-state index contributed by atoms with van der Waals surface area (Å²) in [4.78, 5) is 0. The molecule has 1 N–H and O–H groups in total.